The number of rotatable bonds is 18. The largest absolute Gasteiger partial charge is 0.465 e. The lowest BCUT2D eigenvalue weighted by Crippen LogP contribution is -2.48. The Labute approximate surface area is 256 Å². The van der Waals surface area contributed by atoms with Gasteiger partial charge in [-0.3, -0.25) is 9.80 Å². The molecule has 3 rings (SSSR count). The van der Waals surface area contributed by atoms with Crippen LogP contribution in [0.1, 0.15) is 37.9 Å². The molecular weight excluding hydrogens is 558 g/mol. The van der Waals surface area contributed by atoms with Gasteiger partial charge >= 0.3 is 6.09 Å². The van der Waals surface area contributed by atoms with Crippen LogP contribution in [-0.4, -0.2) is 124 Å². The molecule has 1 aliphatic heterocycles. The van der Waals surface area contributed by atoms with Gasteiger partial charge < -0.3 is 29.0 Å². The first-order valence-electron chi connectivity index (χ1n) is 14.8. The summed E-state index contributed by atoms with van der Waals surface area (Å²) in [4.78, 5) is 17.7. The molecular formula is C32H48ClN3O6. The Bertz CT molecular complexity index is 1010. The Morgan fingerprint density at radius 1 is 0.786 bits per heavy atom. The highest BCUT2D eigenvalue weighted by Crippen LogP contribution is 2.30. The SMILES string of the molecule is CC(C)(C)N(CCOCCOCCOCCOCCN1CCN(C(c2ccccc2)c2ccc(Cl)cc2)CC1)C(=O)O. The summed E-state index contributed by atoms with van der Waals surface area (Å²) in [6.45, 7) is 14.8. The Morgan fingerprint density at radius 3 is 1.81 bits per heavy atom. The average Bonchev–Trinajstić information content (AvgIpc) is 2.96. The van der Waals surface area contributed by atoms with Crippen LogP contribution in [0, 0.1) is 0 Å². The quantitative estimate of drug-likeness (QED) is 0.241. The third kappa shape index (κ3) is 12.2. The second kappa shape index (κ2) is 18.4. The van der Waals surface area contributed by atoms with Crippen molar-refractivity contribution in [2.75, 3.05) is 92.1 Å². The predicted molar refractivity (Wildman–Crippen MR) is 166 cm³/mol. The molecule has 0 aliphatic carbocycles. The van der Waals surface area contributed by atoms with Crippen LogP contribution in [-0.2, 0) is 18.9 Å². The molecule has 1 amide bonds. The molecule has 0 spiro atoms. The van der Waals surface area contributed by atoms with Crippen LogP contribution >= 0.6 is 11.6 Å². The first kappa shape index (κ1) is 34.3. The van der Waals surface area contributed by atoms with E-state index in [1.807, 2.05) is 32.9 Å². The molecule has 9 nitrogen and oxygen atoms in total. The van der Waals surface area contributed by atoms with Crippen molar-refractivity contribution in [3.8, 4) is 0 Å². The minimum atomic E-state index is -0.940. The van der Waals surface area contributed by atoms with E-state index in [9.17, 15) is 9.90 Å². The van der Waals surface area contributed by atoms with E-state index in [1.165, 1.54) is 16.0 Å². The fourth-order valence-corrected chi connectivity index (χ4v) is 5.09. The van der Waals surface area contributed by atoms with Crippen LogP contribution < -0.4 is 0 Å². The van der Waals surface area contributed by atoms with Gasteiger partial charge in [-0.25, -0.2) is 4.79 Å². The number of carbonyl (C=O) groups is 1. The zero-order valence-electron chi connectivity index (χ0n) is 25.4. The molecule has 2 aromatic rings. The highest BCUT2D eigenvalue weighted by molar-refractivity contribution is 6.30. The molecule has 42 heavy (non-hydrogen) atoms. The van der Waals surface area contributed by atoms with Gasteiger partial charge in [0, 0.05) is 49.8 Å². The molecule has 0 bridgehead atoms. The number of hydrogen-bond donors (Lipinski definition) is 1. The minimum Gasteiger partial charge on any atom is -0.465 e. The summed E-state index contributed by atoms with van der Waals surface area (Å²) in [6.07, 6.45) is -0.940. The molecule has 2 aromatic carbocycles. The van der Waals surface area contributed by atoms with E-state index in [4.69, 9.17) is 30.5 Å². The maximum atomic E-state index is 11.3. The van der Waals surface area contributed by atoms with Crippen molar-refractivity contribution in [2.24, 2.45) is 0 Å². The van der Waals surface area contributed by atoms with Gasteiger partial charge in [-0.15, -0.1) is 0 Å². The molecule has 1 atom stereocenters. The number of hydrogen-bond acceptors (Lipinski definition) is 7. The van der Waals surface area contributed by atoms with Crippen LogP contribution in [0.4, 0.5) is 4.79 Å². The maximum Gasteiger partial charge on any atom is 0.407 e. The Hall–Kier alpha value is -2.24. The first-order valence-corrected chi connectivity index (χ1v) is 15.2. The zero-order chi connectivity index (χ0) is 30.2. The van der Waals surface area contributed by atoms with Crippen LogP contribution in [0.2, 0.25) is 5.02 Å². The summed E-state index contributed by atoms with van der Waals surface area (Å²) in [5.74, 6) is 0. The van der Waals surface area contributed by atoms with Gasteiger partial charge in [0.1, 0.15) is 0 Å². The Balaban J connectivity index is 1.19. The van der Waals surface area contributed by atoms with Gasteiger partial charge in [0.15, 0.2) is 0 Å². The molecule has 0 aromatic heterocycles. The van der Waals surface area contributed by atoms with E-state index in [0.29, 0.717) is 59.4 Å². The van der Waals surface area contributed by atoms with E-state index in [1.54, 1.807) is 0 Å². The Kier molecular flexibility index (Phi) is 15.0. The minimum absolute atomic E-state index is 0.221. The average molecular weight is 606 g/mol. The Morgan fingerprint density at radius 2 is 1.29 bits per heavy atom. The molecule has 1 aliphatic rings. The lowest BCUT2D eigenvalue weighted by Gasteiger charge is -2.39. The molecule has 1 saturated heterocycles. The third-order valence-electron chi connectivity index (χ3n) is 7.24. The fraction of sp³-hybridized carbons (Fsp3) is 0.594. The topological polar surface area (TPSA) is 83.9 Å². The van der Waals surface area contributed by atoms with Gasteiger partial charge in [-0.1, -0.05) is 54.1 Å². The number of halogens is 1. The maximum absolute atomic E-state index is 11.3. The number of carboxylic acid groups (broad SMARTS) is 1. The van der Waals surface area contributed by atoms with Gasteiger partial charge in [0.2, 0.25) is 0 Å². The summed E-state index contributed by atoms with van der Waals surface area (Å²) < 4.78 is 22.4. The van der Waals surface area contributed by atoms with Crippen LogP contribution in [0.5, 0.6) is 0 Å². The second-order valence-electron chi connectivity index (χ2n) is 11.3. The number of amides is 1. The smallest absolute Gasteiger partial charge is 0.407 e. The number of nitrogens with zero attached hydrogens (tertiary/aromatic N) is 3. The van der Waals surface area contributed by atoms with Gasteiger partial charge in [0.05, 0.1) is 58.9 Å². The van der Waals surface area contributed by atoms with Crippen LogP contribution in [0.15, 0.2) is 54.6 Å². The zero-order valence-corrected chi connectivity index (χ0v) is 26.1. The number of ether oxygens (including phenoxy) is 4. The van der Waals surface area contributed by atoms with Crippen LogP contribution in [0.25, 0.3) is 0 Å². The van der Waals surface area contributed by atoms with E-state index >= 15 is 0 Å². The summed E-state index contributed by atoms with van der Waals surface area (Å²) >= 11 is 6.16. The standard InChI is InChI=1S/C32H48ClN3O6/c1-32(2,3)36(31(37)38)18-20-40-22-24-42-26-25-41-23-21-39-19-17-34-13-15-35(16-14-34)30(27-7-5-4-6-8-27)28-9-11-29(33)12-10-28/h4-12,30H,13-26H2,1-3H3,(H,37,38). The lowest BCUT2D eigenvalue weighted by molar-refractivity contribution is -0.00879. The van der Waals surface area contributed by atoms with E-state index < -0.39 is 11.6 Å². The number of benzene rings is 2. The lowest BCUT2D eigenvalue weighted by atomic mass is 9.96. The summed E-state index contributed by atoms with van der Waals surface area (Å²) in [5, 5.41) is 10.0. The molecule has 1 N–H and O–H groups in total. The molecule has 1 fully saturated rings. The summed E-state index contributed by atoms with van der Waals surface area (Å²) in [6, 6.07) is 19.1. The molecule has 0 radical (unpaired) electrons. The van der Waals surface area contributed by atoms with Crippen molar-refractivity contribution in [3.63, 3.8) is 0 Å². The molecule has 10 heteroatoms. The van der Waals surface area contributed by atoms with E-state index in [-0.39, 0.29) is 6.04 Å². The van der Waals surface area contributed by atoms with Gasteiger partial charge in [-0.05, 0) is 44.0 Å². The van der Waals surface area contributed by atoms with Crippen molar-refractivity contribution in [2.45, 2.75) is 32.4 Å². The van der Waals surface area contributed by atoms with Gasteiger partial charge in [-0.2, -0.15) is 0 Å². The van der Waals surface area contributed by atoms with E-state index in [0.717, 1.165) is 37.7 Å². The van der Waals surface area contributed by atoms with Crippen molar-refractivity contribution < 1.29 is 28.8 Å². The molecule has 234 valence electrons. The van der Waals surface area contributed by atoms with E-state index in [2.05, 4.69) is 52.3 Å². The van der Waals surface area contributed by atoms with Crippen molar-refractivity contribution in [3.05, 3.63) is 70.7 Å². The highest BCUT2D eigenvalue weighted by atomic mass is 35.5. The van der Waals surface area contributed by atoms with Gasteiger partial charge in [0.25, 0.3) is 0 Å². The molecule has 0 saturated carbocycles. The van der Waals surface area contributed by atoms with Crippen molar-refractivity contribution >= 4 is 17.7 Å². The predicted octanol–water partition coefficient (Wildman–Crippen LogP) is 4.89. The molecule has 1 unspecified atom stereocenters. The summed E-state index contributed by atoms with van der Waals surface area (Å²) in [5.41, 5.74) is 2.12. The van der Waals surface area contributed by atoms with Crippen LogP contribution in [0.3, 0.4) is 0 Å². The molecule has 1 heterocycles. The second-order valence-corrected chi connectivity index (χ2v) is 11.7. The number of piperazine rings is 1. The normalized spacial score (nSPS) is 15.5. The highest BCUT2D eigenvalue weighted by Gasteiger charge is 2.27. The van der Waals surface area contributed by atoms with Crippen molar-refractivity contribution in [1.82, 2.24) is 14.7 Å². The third-order valence-corrected chi connectivity index (χ3v) is 7.49. The monoisotopic (exact) mass is 605 g/mol. The van der Waals surface area contributed by atoms with Crippen molar-refractivity contribution in [1.29, 1.82) is 0 Å². The summed E-state index contributed by atoms with van der Waals surface area (Å²) in [7, 11) is 0. The fourth-order valence-electron chi connectivity index (χ4n) is 4.97. The first-order chi connectivity index (χ1) is 20.3.